The highest BCUT2D eigenvalue weighted by Gasteiger charge is 2.38. The van der Waals surface area contributed by atoms with Crippen LogP contribution in [0.3, 0.4) is 0 Å². The monoisotopic (exact) mass is 347 g/mol. The topological polar surface area (TPSA) is 74.1 Å². The SMILES string of the molecule is Cc1nc(C)c(CN(C2CC2)S(=O)(=O)c2ccc(C#N)cc2)s1. The maximum atomic E-state index is 13.0. The van der Waals surface area contributed by atoms with Crippen molar-refractivity contribution in [2.24, 2.45) is 0 Å². The van der Waals surface area contributed by atoms with Gasteiger partial charge in [-0.2, -0.15) is 9.57 Å². The van der Waals surface area contributed by atoms with Crippen molar-refractivity contribution < 1.29 is 8.42 Å². The third-order valence-corrected chi connectivity index (χ3v) is 6.81. The van der Waals surface area contributed by atoms with Crippen molar-refractivity contribution in [3.05, 3.63) is 45.4 Å². The van der Waals surface area contributed by atoms with Gasteiger partial charge in [-0.1, -0.05) is 0 Å². The van der Waals surface area contributed by atoms with E-state index in [1.54, 1.807) is 27.8 Å². The lowest BCUT2D eigenvalue weighted by molar-refractivity contribution is 0.400. The lowest BCUT2D eigenvalue weighted by Crippen LogP contribution is -2.32. The number of nitriles is 1. The summed E-state index contributed by atoms with van der Waals surface area (Å²) in [7, 11) is -3.57. The number of sulfonamides is 1. The van der Waals surface area contributed by atoms with Crippen LogP contribution in [0.2, 0.25) is 0 Å². The van der Waals surface area contributed by atoms with E-state index in [1.807, 2.05) is 19.9 Å². The number of thiazole rings is 1. The molecule has 2 aromatic rings. The number of nitrogens with zero attached hydrogens (tertiary/aromatic N) is 3. The Bertz CT molecular complexity index is 860. The van der Waals surface area contributed by atoms with Crippen LogP contribution < -0.4 is 0 Å². The molecule has 0 atom stereocenters. The molecule has 1 heterocycles. The summed E-state index contributed by atoms with van der Waals surface area (Å²) < 4.78 is 27.5. The highest BCUT2D eigenvalue weighted by Crippen LogP contribution is 2.35. The molecule has 0 radical (unpaired) electrons. The molecule has 0 saturated heterocycles. The number of aromatic nitrogens is 1. The van der Waals surface area contributed by atoms with Crippen molar-refractivity contribution in [3.8, 4) is 6.07 Å². The second kappa shape index (κ2) is 6.04. The van der Waals surface area contributed by atoms with Gasteiger partial charge in [0.2, 0.25) is 10.0 Å². The van der Waals surface area contributed by atoms with Gasteiger partial charge in [0.1, 0.15) is 0 Å². The van der Waals surface area contributed by atoms with Gasteiger partial charge in [0.25, 0.3) is 0 Å². The summed E-state index contributed by atoms with van der Waals surface area (Å²) in [6.07, 6.45) is 1.79. The van der Waals surface area contributed by atoms with Crippen molar-refractivity contribution in [1.82, 2.24) is 9.29 Å². The summed E-state index contributed by atoms with van der Waals surface area (Å²) >= 11 is 1.54. The van der Waals surface area contributed by atoms with Crippen LogP contribution in [0.15, 0.2) is 29.2 Å². The number of aryl methyl sites for hydroxylation is 2. The summed E-state index contributed by atoms with van der Waals surface area (Å²) in [4.78, 5) is 5.61. The van der Waals surface area contributed by atoms with Crippen molar-refractivity contribution in [3.63, 3.8) is 0 Å². The minimum atomic E-state index is -3.57. The van der Waals surface area contributed by atoms with E-state index in [-0.39, 0.29) is 10.9 Å². The predicted molar refractivity (Wildman–Crippen MR) is 88.5 cm³/mol. The van der Waals surface area contributed by atoms with Gasteiger partial charge in [0.15, 0.2) is 0 Å². The van der Waals surface area contributed by atoms with Crippen LogP contribution in [0.25, 0.3) is 0 Å². The summed E-state index contributed by atoms with van der Waals surface area (Å²) in [6, 6.07) is 8.17. The first-order valence-corrected chi connectivity index (χ1v) is 9.62. The average Bonchev–Trinajstić information content (AvgIpc) is 3.30. The third kappa shape index (κ3) is 3.29. The molecule has 0 unspecified atom stereocenters. The molecule has 1 saturated carbocycles. The smallest absolute Gasteiger partial charge is 0.243 e. The molecule has 1 aromatic heterocycles. The van der Waals surface area contributed by atoms with E-state index in [1.165, 1.54) is 12.1 Å². The molecule has 0 aliphatic heterocycles. The lowest BCUT2D eigenvalue weighted by Gasteiger charge is -2.21. The molecule has 1 aliphatic carbocycles. The maximum absolute atomic E-state index is 13.0. The Labute approximate surface area is 140 Å². The van der Waals surface area contributed by atoms with Crippen molar-refractivity contribution in [1.29, 1.82) is 5.26 Å². The molecule has 120 valence electrons. The van der Waals surface area contributed by atoms with E-state index < -0.39 is 10.0 Å². The van der Waals surface area contributed by atoms with E-state index in [4.69, 9.17) is 5.26 Å². The molecule has 7 heteroatoms. The number of rotatable bonds is 5. The van der Waals surface area contributed by atoms with Gasteiger partial charge in [0, 0.05) is 10.9 Å². The summed E-state index contributed by atoms with van der Waals surface area (Å²) in [5.74, 6) is 0. The van der Waals surface area contributed by atoms with Crippen LogP contribution in [0, 0.1) is 25.2 Å². The van der Waals surface area contributed by atoms with Gasteiger partial charge in [-0.05, 0) is 51.0 Å². The predicted octanol–water partition coefficient (Wildman–Crippen LogP) is 2.98. The lowest BCUT2D eigenvalue weighted by atomic mass is 10.2. The zero-order valence-electron chi connectivity index (χ0n) is 13.0. The van der Waals surface area contributed by atoms with E-state index in [2.05, 4.69) is 4.98 Å². The third-order valence-electron chi connectivity index (χ3n) is 3.84. The largest absolute Gasteiger partial charge is 0.247 e. The van der Waals surface area contributed by atoms with Crippen LogP contribution >= 0.6 is 11.3 Å². The van der Waals surface area contributed by atoms with Crippen LogP contribution in [0.4, 0.5) is 0 Å². The highest BCUT2D eigenvalue weighted by atomic mass is 32.2. The first kappa shape index (κ1) is 16.1. The molecule has 1 aliphatic rings. The van der Waals surface area contributed by atoms with Crippen LogP contribution in [-0.2, 0) is 16.6 Å². The van der Waals surface area contributed by atoms with Crippen LogP contribution in [0.1, 0.15) is 34.0 Å². The molecule has 0 spiro atoms. The molecule has 0 bridgehead atoms. The van der Waals surface area contributed by atoms with E-state index in [0.717, 1.165) is 28.4 Å². The van der Waals surface area contributed by atoms with Crippen LogP contribution in [0.5, 0.6) is 0 Å². The van der Waals surface area contributed by atoms with Crippen molar-refractivity contribution >= 4 is 21.4 Å². The Morgan fingerprint density at radius 1 is 1.30 bits per heavy atom. The summed E-state index contributed by atoms with van der Waals surface area (Å²) in [5, 5.41) is 9.80. The molecule has 0 amide bonds. The Balaban J connectivity index is 1.93. The molecular weight excluding hydrogens is 330 g/mol. The fourth-order valence-electron chi connectivity index (χ4n) is 2.47. The second-order valence-electron chi connectivity index (χ2n) is 5.66. The van der Waals surface area contributed by atoms with Crippen molar-refractivity contribution in [2.75, 3.05) is 0 Å². The Morgan fingerprint density at radius 2 is 1.96 bits per heavy atom. The molecule has 1 aromatic carbocycles. The van der Waals surface area contributed by atoms with Gasteiger partial charge in [-0.3, -0.25) is 0 Å². The Morgan fingerprint density at radius 3 is 2.43 bits per heavy atom. The summed E-state index contributed by atoms with van der Waals surface area (Å²) in [6.45, 7) is 4.21. The minimum Gasteiger partial charge on any atom is -0.247 e. The van der Waals surface area contributed by atoms with Gasteiger partial charge < -0.3 is 0 Å². The molecular formula is C16H17N3O2S2. The maximum Gasteiger partial charge on any atom is 0.243 e. The van der Waals surface area contributed by atoms with E-state index in [9.17, 15) is 8.42 Å². The number of benzene rings is 1. The first-order valence-electron chi connectivity index (χ1n) is 7.36. The van der Waals surface area contributed by atoms with Gasteiger partial charge in [-0.25, -0.2) is 13.4 Å². The van der Waals surface area contributed by atoms with Gasteiger partial charge in [-0.15, -0.1) is 11.3 Å². The van der Waals surface area contributed by atoms with E-state index >= 15 is 0 Å². The number of hydrogen-bond donors (Lipinski definition) is 0. The van der Waals surface area contributed by atoms with Crippen molar-refractivity contribution in [2.45, 2.75) is 44.2 Å². The number of hydrogen-bond acceptors (Lipinski definition) is 5. The average molecular weight is 347 g/mol. The zero-order chi connectivity index (χ0) is 16.6. The molecule has 0 N–H and O–H groups in total. The highest BCUT2D eigenvalue weighted by molar-refractivity contribution is 7.89. The fourth-order valence-corrected chi connectivity index (χ4v) is 5.14. The Kier molecular flexibility index (Phi) is 4.23. The normalized spacial score (nSPS) is 14.9. The fraction of sp³-hybridized carbons (Fsp3) is 0.375. The zero-order valence-corrected chi connectivity index (χ0v) is 14.6. The van der Waals surface area contributed by atoms with Gasteiger partial charge in [0.05, 0.1) is 33.8 Å². The second-order valence-corrected chi connectivity index (χ2v) is 8.84. The quantitative estimate of drug-likeness (QED) is 0.833. The van der Waals surface area contributed by atoms with Gasteiger partial charge >= 0.3 is 0 Å². The molecule has 3 rings (SSSR count). The molecule has 1 fully saturated rings. The minimum absolute atomic E-state index is 0.0671. The van der Waals surface area contributed by atoms with Crippen LogP contribution in [-0.4, -0.2) is 23.7 Å². The standard InChI is InChI=1S/C16H17N3O2S2/c1-11-16(22-12(2)18-11)10-19(14-5-6-14)23(20,21)15-7-3-13(9-17)4-8-15/h3-4,7-8,14H,5-6,10H2,1-2H3. The summed E-state index contributed by atoms with van der Waals surface area (Å²) in [5.41, 5.74) is 1.35. The Hall–Kier alpha value is -1.75. The molecule has 5 nitrogen and oxygen atoms in total. The first-order chi connectivity index (χ1) is 10.9. The molecule has 23 heavy (non-hydrogen) atoms. The van der Waals surface area contributed by atoms with E-state index in [0.29, 0.717) is 12.1 Å².